The van der Waals surface area contributed by atoms with Crippen molar-refractivity contribution in [3.8, 4) is 11.5 Å². The van der Waals surface area contributed by atoms with Crippen molar-refractivity contribution in [1.82, 2.24) is 0 Å². The number of phenolic OH excluding ortho intramolecular Hbond substituents is 1. The van der Waals surface area contributed by atoms with Gasteiger partial charge >= 0.3 is 0 Å². The first kappa shape index (κ1) is 10.8. The molecule has 0 fully saturated rings. The highest BCUT2D eigenvalue weighted by Gasteiger charge is 2.17. The highest BCUT2D eigenvalue weighted by molar-refractivity contribution is 5.46. The van der Waals surface area contributed by atoms with Gasteiger partial charge in [0.1, 0.15) is 0 Å². The van der Waals surface area contributed by atoms with Crippen LogP contribution in [0.15, 0.2) is 18.2 Å². The van der Waals surface area contributed by atoms with Gasteiger partial charge in [-0.25, -0.2) is 0 Å². The zero-order valence-electron chi connectivity index (χ0n) is 8.27. The fourth-order valence-corrected chi connectivity index (χ4v) is 1.23. The summed E-state index contributed by atoms with van der Waals surface area (Å²) in [5.74, 6) is 0.349. The van der Waals surface area contributed by atoms with Crippen molar-refractivity contribution in [2.75, 3.05) is 7.11 Å². The number of para-hydroxylation sites is 1. The third-order valence-corrected chi connectivity index (χ3v) is 2.13. The summed E-state index contributed by atoms with van der Waals surface area (Å²) in [6, 6.07) is 4.41. The van der Waals surface area contributed by atoms with E-state index in [2.05, 4.69) is 0 Å². The Morgan fingerprint density at radius 1 is 1.43 bits per heavy atom. The van der Waals surface area contributed by atoms with Crippen molar-refractivity contribution in [2.24, 2.45) is 5.73 Å². The molecule has 1 aromatic rings. The Morgan fingerprint density at radius 2 is 2.07 bits per heavy atom. The molecule has 0 radical (unpaired) electrons. The Labute approximate surface area is 82.9 Å². The topological polar surface area (TPSA) is 75.7 Å². The number of methoxy groups -OCH3 is 1. The molecule has 0 aliphatic carbocycles. The number of ether oxygens (including phenoxy) is 1. The molecule has 0 aliphatic rings. The molecule has 0 spiro atoms. The number of aromatic hydroxyl groups is 1. The molecule has 4 nitrogen and oxygen atoms in total. The summed E-state index contributed by atoms with van der Waals surface area (Å²) in [6.45, 7) is 1.57. The fourth-order valence-electron chi connectivity index (χ4n) is 1.23. The molecular formula is C10H15NO3. The lowest BCUT2D eigenvalue weighted by molar-refractivity contribution is 0.162. The molecule has 0 amide bonds. The van der Waals surface area contributed by atoms with Crippen LogP contribution in [-0.4, -0.2) is 23.4 Å². The summed E-state index contributed by atoms with van der Waals surface area (Å²) in [4.78, 5) is 0. The lowest BCUT2D eigenvalue weighted by Crippen LogP contribution is -2.23. The Balaban J connectivity index is 3.09. The van der Waals surface area contributed by atoms with Gasteiger partial charge in [-0.05, 0) is 13.0 Å². The van der Waals surface area contributed by atoms with Crippen LogP contribution in [0.2, 0.25) is 0 Å². The van der Waals surface area contributed by atoms with Crippen molar-refractivity contribution < 1.29 is 14.9 Å². The van der Waals surface area contributed by atoms with E-state index in [1.165, 1.54) is 7.11 Å². The van der Waals surface area contributed by atoms with E-state index in [0.717, 1.165) is 0 Å². The van der Waals surface area contributed by atoms with Gasteiger partial charge in [-0.3, -0.25) is 0 Å². The number of nitrogens with two attached hydrogens (primary N) is 1. The summed E-state index contributed by atoms with van der Waals surface area (Å²) < 4.78 is 4.93. The number of rotatable bonds is 3. The van der Waals surface area contributed by atoms with Gasteiger partial charge in [0.05, 0.1) is 19.3 Å². The lowest BCUT2D eigenvalue weighted by Gasteiger charge is -2.17. The average molecular weight is 197 g/mol. The van der Waals surface area contributed by atoms with Crippen molar-refractivity contribution in [3.63, 3.8) is 0 Å². The van der Waals surface area contributed by atoms with Gasteiger partial charge in [0.15, 0.2) is 11.5 Å². The Bertz CT molecular complexity index is 312. The molecule has 1 rings (SSSR count). The summed E-state index contributed by atoms with van der Waals surface area (Å²) in [5, 5.41) is 19.0. The van der Waals surface area contributed by atoms with Crippen LogP contribution < -0.4 is 10.5 Å². The number of aliphatic hydroxyl groups excluding tert-OH is 1. The third kappa shape index (κ3) is 1.97. The van der Waals surface area contributed by atoms with Gasteiger partial charge in [0.2, 0.25) is 0 Å². The van der Waals surface area contributed by atoms with Crippen molar-refractivity contribution in [1.29, 1.82) is 0 Å². The van der Waals surface area contributed by atoms with E-state index in [9.17, 15) is 10.2 Å². The lowest BCUT2D eigenvalue weighted by atomic mass is 10.0. The number of benzene rings is 1. The van der Waals surface area contributed by atoms with Gasteiger partial charge in [-0.1, -0.05) is 12.1 Å². The Hall–Kier alpha value is -1.26. The van der Waals surface area contributed by atoms with Crippen molar-refractivity contribution in [3.05, 3.63) is 23.8 Å². The minimum atomic E-state index is -0.715. The van der Waals surface area contributed by atoms with E-state index in [-0.39, 0.29) is 5.75 Å². The first-order valence-electron chi connectivity index (χ1n) is 4.37. The summed E-state index contributed by atoms with van der Waals surface area (Å²) >= 11 is 0. The number of aliphatic hydroxyl groups is 1. The second-order valence-corrected chi connectivity index (χ2v) is 3.16. The maximum Gasteiger partial charge on any atom is 0.162 e. The van der Waals surface area contributed by atoms with E-state index in [1.54, 1.807) is 25.1 Å². The predicted octanol–water partition coefficient (Wildman–Crippen LogP) is 0.781. The predicted molar refractivity (Wildman–Crippen MR) is 53.3 cm³/mol. The van der Waals surface area contributed by atoms with E-state index in [0.29, 0.717) is 11.3 Å². The molecule has 1 unspecified atom stereocenters. The largest absolute Gasteiger partial charge is 0.504 e. The second kappa shape index (κ2) is 4.30. The van der Waals surface area contributed by atoms with Gasteiger partial charge in [-0.15, -0.1) is 0 Å². The first-order chi connectivity index (χ1) is 6.57. The minimum absolute atomic E-state index is 0.0107. The van der Waals surface area contributed by atoms with E-state index < -0.39 is 12.1 Å². The molecule has 0 aromatic heterocycles. The monoisotopic (exact) mass is 197 g/mol. The number of hydrogen-bond donors (Lipinski definition) is 3. The number of hydrogen-bond acceptors (Lipinski definition) is 4. The van der Waals surface area contributed by atoms with Gasteiger partial charge in [0, 0.05) is 5.56 Å². The molecular weight excluding hydrogens is 182 g/mol. The molecule has 0 bridgehead atoms. The third-order valence-electron chi connectivity index (χ3n) is 2.13. The van der Waals surface area contributed by atoms with Crippen LogP contribution >= 0.6 is 0 Å². The van der Waals surface area contributed by atoms with Crippen LogP contribution in [0, 0.1) is 0 Å². The summed E-state index contributed by atoms with van der Waals surface area (Å²) in [7, 11) is 1.47. The zero-order chi connectivity index (χ0) is 10.7. The minimum Gasteiger partial charge on any atom is -0.504 e. The van der Waals surface area contributed by atoms with Crippen LogP contribution in [0.1, 0.15) is 18.5 Å². The molecule has 78 valence electrons. The molecule has 2 atom stereocenters. The van der Waals surface area contributed by atoms with E-state index >= 15 is 0 Å². The SMILES string of the molecule is COc1cccc([C@@H](N)C(C)O)c1O. The highest BCUT2D eigenvalue weighted by atomic mass is 16.5. The molecule has 0 saturated heterocycles. The van der Waals surface area contributed by atoms with Crippen LogP contribution in [0.3, 0.4) is 0 Å². The van der Waals surface area contributed by atoms with Gasteiger partial charge in [-0.2, -0.15) is 0 Å². The molecule has 4 heteroatoms. The second-order valence-electron chi connectivity index (χ2n) is 3.16. The van der Waals surface area contributed by atoms with Crippen molar-refractivity contribution in [2.45, 2.75) is 19.1 Å². The normalized spacial score (nSPS) is 14.9. The zero-order valence-corrected chi connectivity index (χ0v) is 8.27. The Kier molecular flexibility index (Phi) is 3.33. The smallest absolute Gasteiger partial charge is 0.162 e. The van der Waals surface area contributed by atoms with Gasteiger partial charge < -0.3 is 20.7 Å². The maximum atomic E-state index is 9.69. The molecule has 0 heterocycles. The van der Waals surface area contributed by atoms with Gasteiger partial charge in [0.25, 0.3) is 0 Å². The molecule has 1 aromatic carbocycles. The van der Waals surface area contributed by atoms with Crippen molar-refractivity contribution >= 4 is 0 Å². The molecule has 0 aliphatic heterocycles. The maximum absolute atomic E-state index is 9.69. The summed E-state index contributed by atoms with van der Waals surface area (Å²) in [5.41, 5.74) is 6.18. The first-order valence-corrected chi connectivity index (χ1v) is 4.37. The van der Waals surface area contributed by atoms with Crippen LogP contribution in [-0.2, 0) is 0 Å². The van der Waals surface area contributed by atoms with E-state index in [4.69, 9.17) is 10.5 Å². The summed E-state index contributed by atoms with van der Waals surface area (Å²) in [6.07, 6.45) is -0.715. The highest BCUT2D eigenvalue weighted by Crippen LogP contribution is 2.33. The van der Waals surface area contributed by atoms with E-state index in [1.807, 2.05) is 0 Å². The quantitative estimate of drug-likeness (QED) is 0.669. The molecule has 14 heavy (non-hydrogen) atoms. The molecule has 0 saturated carbocycles. The van der Waals surface area contributed by atoms with Crippen LogP contribution in [0.4, 0.5) is 0 Å². The van der Waals surface area contributed by atoms with Crippen LogP contribution in [0.25, 0.3) is 0 Å². The average Bonchev–Trinajstić information content (AvgIpc) is 2.17. The molecule has 4 N–H and O–H groups in total. The Morgan fingerprint density at radius 3 is 2.57 bits per heavy atom. The number of phenols is 1. The fraction of sp³-hybridized carbons (Fsp3) is 0.400. The van der Waals surface area contributed by atoms with Crippen LogP contribution in [0.5, 0.6) is 11.5 Å². The standard InChI is InChI=1S/C10H15NO3/c1-6(12)9(11)7-4-3-5-8(14-2)10(7)13/h3-6,9,12-13H,11H2,1-2H3/t6?,9-/m0/s1.